The van der Waals surface area contributed by atoms with Crippen LogP contribution in [0.3, 0.4) is 0 Å². The molecule has 2 N–H and O–H groups in total. The standard InChI is InChI=1S/C31H22BrCl2F3N2O3/c32-18-6-11-26(42-21-8-4-17(5-9-21)31(35,36)37)22(13-18)28-30(23-10-7-20(34)14-25(23)38-29(30)41)24(15-27(40)39-28)16-2-1-3-19(33)12-16/h1-11,13-14,16,24,28H,12,15H2,(H,38,41)(H,39,40)/t16?,24-,28-,30-/m0/s1. The van der Waals surface area contributed by atoms with Gasteiger partial charge in [0.05, 0.1) is 11.6 Å². The van der Waals surface area contributed by atoms with Gasteiger partial charge in [-0.25, -0.2) is 0 Å². The van der Waals surface area contributed by atoms with Crippen LogP contribution in [0.4, 0.5) is 18.9 Å². The number of carbonyl (C=O) groups is 2. The average molecular weight is 678 g/mol. The van der Waals surface area contributed by atoms with Gasteiger partial charge in [0.2, 0.25) is 11.8 Å². The van der Waals surface area contributed by atoms with Gasteiger partial charge in [0, 0.05) is 32.2 Å². The van der Waals surface area contributed by atoms with E-state index >= 15 is 0 Å². The lowest BCUT2D eigenvalue weighted by atomic mass is 9.57. The van der Waals surface area contributed by atoms with E-state index in [9.17, 15) is 22.8 Å². The van der Waals surface area contributed by atoms with E-state index in [1.807, 2.05) is 12.2 Å². The Morgan fingerprint density at radius 3 is 2.45 bits per heavy atom. The van der Waals surface area contributed by atoms with Crippen LogP contribution in [0.5, 0.6) is 11.5 Å². The molecular formula is C31H22BrCl2F3N2O3. The zero-order chi connectivity index (χ0) is 29.8. The summed E-state index contributed by atoms with van der Waals surface area (Å²) in [7, 11) is 0. The molecule has 0 bridgehead atoms. The monoisotopic (exact) mass is 676 g/mol. The van der Waals surface area contributed by atoms with Gasteiger partial charge in [-0.3, -0.25) is 9.59 Å². The SMILES string of the molecule is O=C1C[C@@H](C2C=CC=C(Cl)C2)[C@]2(C(=O)Nc3cc(Cl)ccc32)[C@H](c2cc(Br)ccc2Oc2ccc(C(F)(F)F)cc2)N1. The molecule has 1 aliphatic carbocycles. The zero-order valence-electron chi connectivity index (χ0n) is 21.6. The fourth-order valence-corrected chi connectivity index (χ4v) is 7.12. The van der Waals surface area contributed by atoms with Crippen LogP contribution in [-0.2, 0) is 21.2 Å². The predicted molar refractivity (Wildman–Crippen MR) is 158 cm³/mol. The molecule has 2 aliphatic heterocycles. The Morgan fingerprint density at radius 1 is 0.976 bits per heavy atom. The first-order valence-corrected chi connectivity index (χ1v) is 14.6. The number of piperidine rings is 1. The Labute approximate surface area is 257 Å². The van der Waals surface area contributed by atoms with Crippen LogP contribution in [0.15, 0.2) is 88.4 Å². The first kappa shape index (κ1) is 28.8. The molecule has 0 radical (unpaired) electrons. The van der Waals surface area contributed by atoms with Crippen molar-refractivity contribution in [2.45, 2.75) is 30.5 Å². The highest BCUT2D eigenvalue weighted by Gasteiger charge is 2.62. The van der Waals surface area contributed by atoms with Crippen molar-refractivity contribution >= 4 is 56.6 Å². The van der Waals surface area contributed by atoms with Crippen molar-refractivity contribution in [3.63, 3.8) is 0 Å². The van der Waals surface area contributed by atoms with Gasteiger partial charge < -0.3 is 15.4 Å². The molecule has 4 atom stereocenters. The van der Waals surface area contributed by atoms with Crippen LogP contribution in [0.1, 0.15) is 35.6 Å². The predicted octanol–water partition coefficient (Wildman–Crippen LogP) is 8.68. The first-order chi connectivity index (χ1) is 20.0. The molecular weight excluding hydrogens is 656 g/mol. The summed E-state index contributed by atoms with van der Waals surface area (Å²) in [6.45, 7) is 0. The lowest BCUT2D eigenvalue weighted by Gasteiger charge is -2.49. The summed E-state index contributed by atoms with van der Waals surface area (Å²) in [5.41, 5.74) is -0.414. The second-order valence-electron chi connectivity index (χ2n) is 10.5. The third-order valence-electron chi connectivity index (χ3n) is 8.08. The number of carbonyl (C=O) groups excluding carboxylic acids is 2. The summed E-state index contributed by atoms with van der Waals surface area (Å²) in [5, 5.41) is 7.11. The van der Waals surface area contributed by atoms with E-state index in [1.165, 1.54) is 12.1 Å². The highest BCUT2D eigenvalue weighted by Crippen LogP contribution is 2.58. The Balaban J connectivity index is 1.52. The van der Waals surface area contributed by atoms with E-state index in [4.69, 9.17) is 27.9 Å². The fraction of sp³-hybridized carbons (Fsp3) is 0.226. The van der Waals surface area contributed by atoms with Gasteiger partial charge in [-0.2, -0.15) is 13.2 Å². The Morgan fingerprint density at radius 2 is 1.74 bits per heavy atom. The number of nitrogens with one attached hydrogen (secondary N) is 2. The molecule has 0 aromatic heterocycles. The number of allylic oxidation sites excluding steroid dienone is 4. The summed E-state index contributed by atoms with van der Waals surface area (Å²) in [6.07, 6.45) is 1.61. The summed E-state index contributed by atoms with van der Waals surface area (Å²) >= 11 is 16.2. The topological polar surface area (TPSA) is 67.4 Å². The number of rotatable bonds is 4. The average Bonchev–Trinajstić information content (AvgIpc) is 3.21. The molecule has 6 rings (SSSR count). The van der Waals surface area contributed by atoms with E-state index < -0.39 is 29.1 Å². The van der Waals surface area contributed by atoms with Crippen LogP contribution in [-0.4, -0.2) is 11.8 Å². The smallest absolute Gasteiger partial charge is 0.416 e. The Kier molecular flexibility index (Phi) is 7.40. The Hall–Kier alpha value is -3.27. The van der Waals surface area contributed by atoms with Gasteiger partial charge in [-0.1, -0.05) is 57.4 Å². The number of ether oxygens (including phenoxy) is 1. The van der Waals surface area contributed by atoms with Gasteiger partial charge in [-0.05, 0) is 84.5 Å². The summed E-state index contributed by atoms with van der Waals surface area (Å²) in [6, 6.07) is 13.7. The van der Waals surface area contributed by atoms with E-state index in [1.54, 1.807) is 42.5 Å². The van der Waals surface area contributed by atoms with Crippen molar-refractivity contribution in [2.75, 3.05) is 5.32 Å². The number of halogens is 6. The molecule has 1 fully saturated rings. The van der Waals surface area contributed by atoms with Crippen LogP contribution in [0.2, 0.25) is 5.02 Å². The minimum atomic E-state index is -4.49. The molecule has 1 unspecified atom stereocenters. The number of amides is 2. The number of alkyl halides is 3. The number of hydrogen-bond donors (Lipinski definition) is 2. The van der Waals surface area contributed by atoms with Gasteiger partial charge >= 0.3 is 6.18 Å². The second-order valence-corrected chi connectivity index (χ2v) is 12.3. The second kappa shape index (κ2) is 10.8. The third-order valence-corrected chi connectivity index (χ3v) is 9.09. The van der Waals surface area contributed by atoms with Crippen molar-refractivity contribution in [1.29, 1.82) is 0 Å². The van der Waals surface area contributed by atoms with Gasteiger partial charge in [0.25, 0.3) is 0 Å². The lowest BCUT2D eigenvalue weighted by Crippen LogP contribution is -2.59. The molecule has 5 nitrogen and oxygen atoms in total. The van der Waals surface area contributed by atoms with Crippen molar-refractivity contribution < 1.29 is 27.5 Å². The number of anilines is 1. The normalized spacial score (nSPS) is 25.1. The zero-order valence-corrected chi connectivity index (χ0v) is 24.7. The van der Waals surface area contributed by atoms with Crippen LogP contribution >= 0.6 is 39.1 Å². The summed E-state index contributed by atoms with van der Waals surface area (Å²) in [5.74, 6) is -0.880. The van der Waals surface area contributed by atoms with Crippen molar-refractivity contribution in [3.8, 4) is 11.5 Å². The van der Waals surface area contributed by atoms with Crippen LogP contribution in [0.25, 0.3) is 0 Å². The highest BCUT2D eigenvalue weighted by atomic mass is 79.9. The molecule has 3 aromatic carbocycles. The van der Waals surface area contributed by atoms with E-state index in [-0.39, 0.29) is 35.7 Å². The molecule has 1 spiro atoms. The molecule has 3 aliphatic rings. The Bertz CT molecular complexity index is 1660. The van der Waals surface area contributed by atoms with Crippen LogP contribution in [0, 0.1) is 11.8 Å². The molecule has 11 heteroatoms. The van der Waals surface area contributed by atoms with Gasteiger partial charge in [0.1, 0.15) is 16.9 Å². The first-order valence-electron chi connectivity index (χ1n) is 13.0. The minimum Gasteiger partial charge on any atom is -0.457 e. The lowest BCUT2D eigenvalue weighted by molar-refractivity contribution is -0.138. The maximum Gasteiger partial charge on any atom is 0.416 e. The van der Waals surface area contributed by atoms with Gasteiger partial charge in [0.15, 0.2) is 0 Å². The highest BCUT2D eigenvalue weighted by molar-refractivity contribution is 9.10. The third kappa shape index (κ3) is 5.01. The van der Waals surface area contributed by atoms with Gasteiger partial charge in [-0.15, -0.1) is 0 Å². The summed E-state index contributed by atoms with van der Waals surface area (Å²) < 4.78 is 46.2. The molecule has 1 saturated heterocycles. The van der Waals surface area contributed by atoms with Crippen LogP contribution < -0.4 is 15.4 Å². The molecule has 42 heavy (non-hydrogen) atoms. The number of fused-ring (bicyclic) bond motifs is 2. The number of benzene rings is 3. The van der Waals surface area contributed by atoms with E-state index in [0.29, 0.717) is 37.8 Å². The molecule has 3 aromatic rings. The quantitative estimate of drug-likeness (QED) is 0.290. The fourth-order valence-electron chi connectivity index (χ4n) is 6.32. The van der Waals surface area contributed by atoms with Crippen molar-refractivity contribution in [3.05, 3.63) is 110 Å². The summed E-state index contributed by atoms with van der Waals surface area (Å²) in [4.78, 5) is 27.7. The maximum absolute atomic E-state index is 14.3. The molecule has 0 saturated carbocycles. The number of hydrogen-bond acceptors (Lipinski definition) is 3. The van der Waals surface area contributed by atoms with E-state index in [0.717, 1.165) is 12.1 Å². The molecule has 216 valence electrons. The molecule has 2 heterocycles. The largest absolute Gasteiger partial charge is 0.457 e. The van der Waals surface area contributed by atoms with E-state index in [2.05, 4.69) is 26.6 Å². The van der Waals surface area contributed by atoms with Crippen molar-refractivity contribution in [1.82, 2.24) is 5.32 Å². The van der Waals surface area contributed by atoms with Crippen molar-refractivity contribution in [2.24, 2.45) is 11.8 Å². The maximum atomic E-state index is 14.3. The minimum absolute atomic E-state index is 0.0638. The molecule has 2 amide bonds.